The number of likely N-dealkylation sites (tertiary alicyclic amines) is 1. The van der Waals surface area contributed by atoms with E-state index in [-0.39, 0.29) is 30.6 Å². The molecule has 1 aromatic rings. The maximum Gasteiger partial charge on any atom is 0.450 e. The standard InChI is InChI=1S/C26H33F3N4O7/c1-13(2)20(32-24(39)16-8-6-15(7-9-16)23(38)31-12-18(34)35)25(40)33-10-4-5-17(33)21(36)19(14(3)11-30)22(37)26(27,28)29/h6-9,13-14,17,19-20H,4-5,10-12,30H2,1-3H3,(H,31,38)(H,32,39)(H,34,35)/t14?,17-,19?,20-/m0/s1. The molecular weight excluding hydrogens is 537 g/mol. The number of ketones is 2. The van der Waals surface area contributed by atoms with Crippen LogP contribution < -0.4 is 16.4 Å². The normalized spacial score (nSPS) is 17.6. The van der Waals surface area contributed by atoms with E-state index in [1.807, 2.05) is 0 Å². The first-order valence-electron chi connectivity index (χ1n) is 12.7. The molecule has 1 aromatic carbocycles. The Balaban J connectivity index is 2.22. The number of carboxylic acid groups (broad SMARTS) is 1. The van der Waals surface area contributed by atoms with Crippen molar-refractivity contribution in [2.24, 2.45) is 23.5 Å². The van der Waals surface area contributed by atoms with E-state index in [1.54, 1.807) is 13.8 Å². The second-order valence-corrected chi connectivity index (χ2v) is 9.99. The van der Waals surface area contributed by atoms with Gasteiger partial charge in [0.05, 0.1) is 12.0 Å². The molecule has 1 saturated heterocycles. The molecule has 0 aromatic heterocycles. The van der Waals surface area contributed by atoms with Gasteiger partial charge in [0.15, 0.2) is 5.78 Å². The third-order valence-corrected chi connectivity index (χ3v) is 6.70. The Morgan fingerprint density at radius 2 is 1.57 bits per heavy atom. The van der Waals surface area contributed by atoms with Crippen LogP contribution >= 0.6 is 0 Å². The first-order valence-corrected chi connectivity index (χ1v) is 12.7. The van der Waals surface area contributed by atoms with Gasteiger partial charge < -0.3 is 26.4 Å². The predicted octanol–water partition coefficient (Wildman–Crippen LogP) is 1.16. The summed E-state index contributed by atoms with van der Waals surface area (Å²) < 4.78 is 39.8. The summed E-state index contributed by atoms with van der Waals surface area (Å²) in [6.07, 6.45) is -4.87. The van der Waals surface area contributed by atoms with Crippen molar-refractivity contribution in [3.05, 3.63) is 35.4 Å². The van der Waals surface area contributed by atoms with Crippen molar-refractivity contribution in [3.8, 4) is 0 Å². The molecule has 2 rings (SSSR count). The van der Waals surface area contributed by atoms with Crippen LogP contribution in [0.3, 0.4) is 0 Å². The van der Waals surface area contributed by atoms with Gasteiger partial charge >= 0.3 is 12.1 Å². The zero-order chi connectivity index (χ0) is 30.4. The zero-order valence-corrected chi connectivity index (χ0v) is 22.3. The van der Waals surface area contributed by atoms with Crippen molar-refractivity contribution < 1.29 is 47.0 Å². The SMILES string of the molecule is CC(CN)C(C(=O)[C@@H]1CCCN1C(=O)[C@@H](NC(=O)c1ccc(C(=O)NCC(=O)O)cc1)C(C)C)C(=O)C(F)(F)F. The average Bonchev–Trinajstić information content (AvgIpc) is 3.39. The highest BCUT2D eigenvalue weighted by Gasteiger charge is 2.51. The molecule has 0 spiro atoms. The van der Waals surface area contributed by atoms with Crippen LogP contribution in [0.25, 0.3) is 0 Å². The number of hydrogen-bond donors (Lipinski definition) is 4. The minimum Gasteiger partial charge on any atom is -0.480 e. The number of nitrogens with one attached hydrogen (secondary N) is 2. The summed E-state index contributed by atoms with van der Waals surface area (Å²) in [6, 6.07) is 2.77. The highest BCUT2D eigenvalue weighted by molar-refractivity contribution is 6.08. The lowest BCUT2D eigenvalue weighted by atomic mass is 9.82. The molecule has 0 saturated carbocycles. The van der Waals surface area contributed by atoms with E-state index < -0.39 is 77.8 Å². The first-order chi connectivity index (χ1) is 18.6. The van der Waals surface area contributed by atoms with E-state index >= 15 is 0 Å². The zero-order valence-electron chi connectivity index (χ0n) is 22.3. The van der Waals surface area contributed by atoms with E-state index in [0.717, 1.165) is 4.90 Å². The van der Waals surface area contributed by atoms with Gasteiger partial charge in [-0.2, -0.15) is 13.2 Å². The van der Waals surface area contributed by atoms with Crippen molar-refractivity contribution in [1.82, 2.24) is 15.5 Å². The number of halogens is 3. The number of rotatable bonds is 12. The van der Waals surface area contributed by atoms with Crippen molar-refractivity contribution in [2.75, 3.05) is 19.6 Å². The smallest absolute Gasteiger partial charge is 0.450 e. The maximum atomic E-state index is 13.5. The van der Waals surface area contributed by atoms with Crippen LogP contribution in [0.5, 0.6) is 0 Å². The van der Waals surface area contributed by atoms with Crippen LogP contribution in [0, 0.1) is 17.8 Å². The summed E-state index contributed by atoms with van der Waals surface area (Å²) in [5, 5.41) is 13.4. The van der Waals surface area contributed by atoms with Gasteiger partial charge in [0.2, 0.25) is 11.7 Å². The third-order valence-electron chi connectivity index (χ3n) is 6.70. The predicted molar refractivity (Wildman–Crippen MR) is 135 cm³/mol. The minimum absolute atomic E-state index is 0.0540. The topological polar surface area (TPSA) is 176 Å². The van der Waals surface area contributed by atoms with Gasteiger partial charge in [0.1, 0.15) is 12.6 Å². The van der Waals surface area contributed by atoms with Crippen LogP contribution in [0.15, 0.2) is 24.3 Å². The Kier molecular flexibility index (Phi) is 10.9. The molecule has 1 heterocycles. The number of carbonyl (C=O) groups excluding carboxylic acids is 5. The lowest BCUT2D eigenvalue weighted by Crippen LogP contribution is -2.56. The lowest BCUT2D eigenvalue weighted by molar-refractivity contribution is -0.179. The molecule has 1 aliphatic rings. The highest BCUT2D eigenvalue weighted by atomic mass is 19.4. The van der Waals surface area contributed by atoms with Gasteiger partial charge in [0, 0.05) is 17.7 Å². The molecule has 2 unspecified atom stereocenters. The molecule has 3 amide bonds. The largest absolute Gasteiger partial charge is 0.480 e. The van der Waals surface area contributed by atoms with Crippen molar-refractivity contribution in [2.45, 2.75) is 51.9 Å². The van der Waals surface area contributed by atoms with Gasteiger partial charge in [-0.1, -0.05) is 20.8 Å². The van der Waals surface area contributed by atoms with Crippen LogP contribution in [0.1, 0.15) is 54.3 Å². The molecule has 5 N–H and O–H groups in total. The Morgan fingerprint density at radius 3 is 2.05 bits per heavy atom. The first kappa shape index (κ1) is 32.4. The van der Waals surface area contributed by atoms with Gasteiger partial charge in [-0.25, -0.2) is 0 Å². The highest BCUT2D eigenvalue weighted by Crippen LogP contribution is 2.31. The maximum absolute atomic E-state index is 13.5. The summed E-state index contributed by atoms with van der Waals surface area (Å²) >= 11 is 0. The Hall–Kier alpha value is -3.81. The monoisotopic (exact) mass is 570 g/mol. The molecule has 220 valence electrons. The van der Waals surface area contributed by atoms with Crippen molar-refractivity contribution in [1.29, 1.82) is 0 Å². The van der Waals surface area contributed by atoms with Gasteiger partial charge in [0.25, 0.3) is 11.8 Å². The van der Waals surface area contributed by atoms with Crippen LogP contribution in [-0.2, 0) is 19.2 Å². The molecule has 1 aliphatic heterocycles. The van der Waals surface area contributed by atoms with Crippen LogP contribution in [0.2, 0.25) is 0 Å². The number of carboxylic acids is 1. The Morgan fingerprint density at radius 1 is 1.02 bits per heavy atom. The Labute approximate surface area is 228 Å². The minimum atomic E-state index is -5.25. The quantitative estimate of drug-likeness (QED) is 0.271. The molecule has 0 aliphatic carbocycles. The number of carbonyl (C=O) groups is 6. The number of hydrogen-bond acceptors (Lipinski definition) is 7. The number of aliphatic carboxylic acids is 1. The van der Waals surface area contributed by atoms with E-state index in [9.17, 15) is 41.9 Å². The van der Waals surface area contributed by atoms with Gasteiger partial charge in [-0.3, -0.25) is 28.8 Å². The Bertz CT molecular complexity index is 1140. The molecule has 40 heavy (non-hydrogen) atoms. The summed E-state index contributed by atoms with van der Waals surface area (Å²) in [4.78, 5) is 75.5. The lowest BCUT2D eigenvalue weighted by Gasteiger charge is -2.33. The fourth-order valence-corrected chi connectivity index (χ4v) is 4.46. The van der Waals surface area contributed by atoms with Crippen LogP contribution in [0.4, 0.5) is 13.2 Å². The number of Topliss-reactive ketones (excluding diaryl/α,β-unsaturated/α-hetero) is 2. The summed E-state index contributed by atoms with van der Waals surface area (Å²) in [5.41, 5.74) is 5.67. The molecule has 14 heteroatoms. The second-order valence-electron chi connectivity index (χ2n) is 9.99. The molecule has 0 radical (unpaired) electrons. The van der Waals surface area contributed by atoms with E-state index in [1.165, 1.54) is 31.2 Å². The number of amides is 3. The molecule has 1 fully saturated rings. The van der Waals surface area contributed by atoms with E-state index in [2.05, 4.69) is 10.6 Å². The fraction of sp³-hybridized carbons (Fsp3) is 0.538. The molecule has 11 nitrogen and oxygen atoms in total. The summed E-state index contributed by atoms with van der Waals surface area (Å²) in [5.74, 6) is -10.1. The number of nitrogens with two attached hydrogens (primary N) is 1. The van der Waals surface area contributed by atoms with Crippen molar-refractivity contribution >= 4 is 35.3 Å². The molecule has 0 bridgehead atoms. The van der Waals surface area contributed by atoms with E-state index in [0.29, 0.717) is 6.42 Å². The third kappa shape index (κ3) is 7.87. The number of nitrogens with zero attached hydrogens (tertiary/aromatic N) is 1. The molecular formula is C26H33F3N4O7. The van der Waals surface area contributed by atoms with E-state index in [4.69, 9.17) is 10.8 Å². The van der Waals surface area contributed by atoms with Crippen molar-refractivity contribution in [3.63, 3.8) is 0 Å². The van der Waals surface area contributed by atoms with Gasteiger partial charge in [-0.15, -0.1) is 0 Å². The fourth-order valence-electron chi connectivity index (χ4n) is 4.46. The van der Waals surface area contributed by atoms with Crippen LogP contribution in [-0.4, -0.2) is 83.2 Å². The number of alkyl halides is 3. The summed E-state index contributed by atoms with van der Waals surface area (Å²) in [7, 11) is 0. The number of benzene rings is 1. The average molecular weight is 571 g/mol. The van der Waals surface area contributed by atoms with Gasteiger partial charge in [-0.05, 0) is 55.5 Å². The second kappa shape index (κ2) is 13.5. The molecule has 4 atom stereocenters. The summed E-state index contributed by atoms with van der Waals surface area (Å²) in [6.45, 7) is 3.67.